The Morgan fingerprint density at radius 2 is 1.57 bits per heavy atom. The molecule has 0 atom stereocenters. The summed E-state index contributed by atoms with van der Waals surface area (Å²) in [5, 5.41) is 6.56. The lowest BCUT2D eigenvalue weighted by Gasteiger charge is -2.20. The van der Waals surface area contributed by atoms with E-state index in [0.29, 0.717) is 11.9 Å². The molecule has 4 heteroatoms. The Bertz CT molecular complexity index is 486. The standard InChI is InChI=1S/C19H29N3O/c23-19(15-8-4-3-5-9-15)22-18-13-12-17(14-20-18)21-16-10-6-1-2-7-11-16/h12-16,21H,1-11H2,(H,20,22,23). The summed E-state index contributed by atoms with van der Waals surface area (Å²) in [6, 6.07) is 4.52. The average molecular weight is 315 g/mol. The van der Waals surface area contributed by atoms with Gasteiger partial charge in [0.15, 0.2) is 0 Å². The maximum absolute atomic E-state index is 12.2. The Kier molecular flexibility index (Phi) is 5.89. The van der Waals surface area contributed by atoms with Gasteiger partial charge in [0.25, 0.3) is 0 Å². The van der Waals surface area contributed by atoms with E-state index in [1.165, 1.54) is 57.8 Å². The van der Waals surface area contributed by atoms with E-state index < -0.39 is 0 Å². The summed E-state index contributed by atoms with van der Waals surface area (Å²) in [5.74, 6) is 0.989. The highest BCUT2D eigenvalue weighted by atomic mass is 16.1. The van der Waals surface area contributed by atoms with Crippen LogP contribution in [0.5, 0.6) is 0 Å². The summed E-state index contributed by atoms with van der Waals surface area (Å²) in [7, 11) is 0. The minimum absolute atomic E-state index is 0.140. The predicted molar refractivity (Wildman–Crippen MR) is 94.6 cm³/mol. The molecule has 2 saturated carbocycles. The fourth-order valence-corrected chi connectivity index (χ4v) is 3.81. The lowest BCUT2D eigenvalue weighted by molar-refractivity contribution is -0.120. The molecule has 0 spiro atoms. The first kappa shape index (κ1) is 16.3. The van der Waals surface area contributed by atoms with E-state index in [-0.39, 0.29) is 11.8 Å². The number of carbonyl (C=O) groups excluding carboxylic acids is 1. The molecule has 0 aliphatic heterocycles. The molecule has 0 aromatic carbocycles. The monoisotopic (exact) mass is 315 g/mol. The minimum atomic E-state index is 0.140. The minimum Gasteiger partial charge on any atom is -0.381 e. The Labute approximate surface area is 139 Å². The van der Waals surface area contributed by atoms with Crippen molar-refractivity contribution in [1.29, 1.82) is 0 Å². The van der Waals surface area contributed by atoms with Crippen LogP contribution in [0.1, 0.15) is 70.6 Å². The van der Waals surface area contributed by atoms with Crippen molar-refractivity contribution in [2.24, 2.45) is 5.92 Å². The molecule has 2 fully saturated rings. The molecule has 1 aromatic heterocycles. The number of pyridine rings is 1. The molecule has 2 N–H and O–H groups in total. The molecule has 1 amide bonds. The molecule has 0 unspecified atom stereocenters. The Balaban J connectivity index is 1.51. The molecule has 0 saturated heterocycles. The summed E-state index contributed by atoms with van der Waals surface area (Å²) in [5.41, 5.74) is 1.06. The summed E-state index contributed by atoms with van der Waals surface area (Å²) >= 11 is 0. The molecular formula is C19H29N3O. The molecule has 0 radical (unpaired) electrons. The van der Waals surface area contributed by atoms with E-state index in [9.17, 15) is 4.79 Å². The second-order valence-corrected chi connectivity index (χ2v) is 7.09. The lowest BCUT2D eigenvalue weighted by Crippen LogP contribution is -2.25. The summed E-state index contributed by atoms with van der Waals surface area (Å²) in [6.07, 6.45) is 15.4. The van der Waals surface area contributed by atoms with Crippen LogP contribution in [0.15, 0.2) is 18.3 Å². The molecule has 4 nitrogen and oxygen atoms in total. The van der Waals surface area contributed by atoms with Crippen LogP contribution >= 0.6 is 0 Å². The van der Waals surface area contributed by atoms with Gasteiger partial charge >= 0.3 is 0 Å². The van der Waals surface area contributed by atoms with Gasteiger partial charge in [-0.1, -0.05) is 44.9 Å². The smallest absolute Gasteiger partial charge is 0.228 e. The molecule has 2 aliphatic carbocycles. The van der Waals surface area contributed by atoms with Crippen LogP contribution in [0.3, 0.4) is 0 Å². The van der Waals surface area contributed by atoms with Crippen molar-refractivity contribution >= 4 is 17.4 Å². The third-order valence-electron chi connectivity index (χ3n) is 5.22. The zero-order valence-corrected chi connectivity index (χ0v) is 14.0. The first-order chi connectivity index (χ1) is 11.3. The van der Waals surface area contributed by atoms with Gasteiger partial charge in [-0.05, 0) is 37.8 Å². The summed E-state index contributed by atoms with van der Waals surface area (Å²) in [4.78, 5) is 16.6. The van der Waals surface area contributed by atoms with Gasteiger partial charge in [0.2, 0.25) is 5.91 Å². The number of rotatable bonds is 4. The van der Waals surface area contributed by atoms with Crippen molar-refractivity contribution in [2.45, 2.75) is 76.7 Å². The predicted octanol–water partition coefficient (Wildman–Crippen LogP) is 4.74. The Morgan fingerprint density at radius 3 is 2.22 bits per heavy atom. The van der Waals surface area contributed by atoms with Crippen LogP contribution in [-0.2, 0) is 4.79 Å². The van der Waals surface area contributed by atoms with Gasteiger partial charge in [-0.15, -0.1) is 0 Å². The molecule has 2 aliphatic rings. The number of hydrogen-bond donors (Lipinski definition) is 2. The fourth-order valence-electron chi connectivity index (χ4n) is 3.81. The highest BCUT2D eigenvalue weighted by molar-refractivity contribution is 5.91. The molecule has 1 heterocycles. The number of anilines is 2. The molecule has 126 valence electrons. The molecule has 0 bridgehead atoms. The zero-order valence-electron chi connectivity index (χ0n) is 14.0. The highest BCUT2D eigenvalue weighted by Gasteiger charge is 2.21. The van der Waals surface area contributed by atoms with Crippen LogP contribution in [0.4, 0.5) is 11.5 Å². The normalized spacial score (nSPS) is 20.7. The lowest BCUT2D eigenvalue weighted by atomic mass is 9.89. The molecule has 23 heavy (non-hydrogen) atoms. The maximum Gasteiger partial charge on any atom is 0.228 e. The molecule has 1 aromatic rings. The van der Waals surface area contributed by atoms with Crippen LogP contribution < -0.4 is 10.6 Å². The second kappa shape index (κ2) is 8.32. The van der Waals surface area contributed by atoms with Crippen molar-refractivity contribution in [3.63, 3.8) is 0 Å². The molecular weight excluding hydrogens is 286 g/mol. The van der Waals surface area contributed by atoms with Crippen LogP contribution in [-0.4, -0.2) is 16.9 Å². The van der Waals surface area contributed by atoms with Crippen molar-refractivity contribution in [2.75, 3.05) is 10.6 Å². The SMILES string of the molecule is O=C(Nc1ccc(NC2CCCCCC2)cn1)C1CCCCC1. The van der Waals surface area contributed by atoms with Crippen LogP contribution in [0.25, 0.3) is 0 Å². The summed E-state index contributed by atoms with van der Waals surface area (Å²) < 4.78 is 0. The average Bonchev–Trinajstić information content (AvgIpc) is 2.86. The van der Waals surface area contributed by atoms with E-state index in [2.05, 4.69) is 15.6 Å². The van der Waals surface area contributed by atoms with Crippen molar-refractivity contribution in [3.05, 3.63) is 18.3 Å². The van der Waals surface area contributed by atoms with Crippen LogP contribution in [0.2, 0.25) is 0 Å². The fraction of sp³-hybridized carbons (Fsp3) is 0.684. The number of nitrogens with one attached hydrogen (secondary N) is 2. The summed E-state index contributed by atoms with van der Waals surface area (Å²) in [6.45, 7) is 0. The van der Waals surface area contributed by atoms with Gasteiger partial charge in [0.1, 0.15) is 5.82 Å². The highest BCUT2D eigenvalue weighted by Crippen LogP contribution is 2.25. The van der Waals surface area contributed by atoms with Crippen molar-refractivity contribution in [3.8, 4) is 0 Å². The van der Waals surface area contributed by atoms with Gasteiger partial charge in [-0.25, -0.2) is 4.98 Å². The van der Waals surface area contributed by atoms with Gasteiger partial charge in [0.05, 0.1) is 11.9 Å². The van der Waals surface area contributed by atoms with E-state index in [1.807, 2.05) is 18.3 Å². The molecule has 3 rings (SSSR count). The van der Waals surface area contributed by atoms with E-state index in [0.717, 1.165) is 18.5 Å². The van der Waals surface area contributed by atoms with Crippen molar-refractivity contribution in [1.82, 2.24) is 4.98 Å². The van der Waals surface area contributed by atoms with E-state index in [1.54, 1.807) is 0 Å². The van der Waals surface area contributed by atoms with Gasteiger partial charge in [-0.3, -0.25) is 4.79 Å². The maximum atomic E-state index is 12.2. The number of hydrogen-bond acceptors (Lipinski definition) is 3. The first-order valence-electron chi connectivity index (χ1n) is 9.35. The van der Waals surface area contributed by atoms with E-state index in [4.69, 9.17) is 0 Å². The number of amides is 1. The third-order valence-corrected chi connectivity index (χ3v) is 5.22. The van der Waals surface area contributed by atoms with Crippen molar-refractivity contribution < 1.29 is 4.79 Å². The van der Waals surface area contributed by atoms with Gasteiger partial charge in [-0.2, -0.15) is 0 Å². The number of aromatic nitrogens is 1. The Hall–Kier alpha value is -1.58. The topological polar surface area (TPSA) is 54.0 Å². The number of nitrogens with zero attached hydrogens (tertiary/aromatic N) is 1. The Morgan fingerprint density at radius 1 is 0.913 bits per heavy atom. The quantitative estimate of drug-likeness (QED) is 0.789. The van der Waals surface area contributed by atoms with E-state index >= 15 is 0 Å². The largest absolute Gasteiger partial charge is 0.381 e. The van der Waals surface area contributed by atoms with Gasteiger partial charge < -0.3 is 10.6 Å². The second-order valence-electron chi connectivity index (χ2n) is 7.09. The number of carbonyl (C=O) groups is 1. The van der Waals surface area contributed by atoms with Gasteiger partial charge in [0, 0.05) is 12.0 Å². The van der Waals surface area contributed by atoms with Crippen LogP contribution in [0, 0.1) is 5.92 Å². The third kappa shape index (κ3) is 4.95. The first-order valence-corrected chi connectivity index (χ1v) is 9.35. The zero-order chi connectivity index (χ0) is 15.9.